The molecule has 1 aliphatic rings. The van der Waals surface area contributed by atoms with Gasteiger partial charge in [0.25, 0.3) is 0 Å². The van der Waals surface area contributed by atoms with Crippen LogP contribution in [0.5, 0.6) is 0 Å². The van der Waals surface area contributed by atoms with Crippen LogP contribution in [0.1, 0.15) is 51.5 Å². The van der Waals surface area contributed by atoms with Crippen molar-refractivity contribution in [3.63, 3.8) is 0 Å². The van der Waals surface area contributed by atoms with Crippen molar-refractivity contribution in [1.82, 2.24) is 20.4 Å². The number of benzene rings is 2. The molecule has 2 unspecified atom stereocenters. The number of hydrogen-bond donors (Lipinski definition) is 1. The van der Waals surface area contributed by atoms with Gasteiger partial charge in [-0.3, -0.25) is 9.69 Å². The first kappa shape index (κ1) is 24.1. The summed E-state index contributed by atoms with van der Waals surface area (Å²) in [5, 5.41) is 7.26. The molecular formula is C27H33FN4O2. The molecule has 0 saturated carbocycles. The van der Waals surface area contributed by atoms with Crippen LogP contribution in [0.15, 0.2) is 59.1 Å². The highest BCUT2D eigenvalue weighted by Crippen LogP contribution is 2.28. The van der Waals surface area contributed by atoms with E-state index < -0.39 is 0 Å². The molecule has 0 aliphatic carbocycles. The van der Waals surface area contributed by atoms with Crippen molar-refractivity contribution in [2.45, 2.75) is 58.0 Å². The molecule has 3 aromatic rings. The average molecular weight is 465 g/mol. The fourth-order valence-electron chi connectivity index (χ4n) is 4.82. The minimum Gasteiger partial charge on any atom is -0.353 e. The Hall–Kier alpha value is -3.06. The molecule has 1 amide bonds. The second-order valence-electron chi connectivity index (χ2n) is 9.96. The molecule has 6 nitrogen and oxygen atoms in total. The van der Waals surface area contributed by atoms with Gasteiger partial charge in [-0.2, -0.15) is 4.98 Å². The molecule has 1 aromatic heterocycles. The van der Waals surface area contributed by atoms with Gasteiger partial charge in [-0.1, -0.05) is 49.3 Å². The molecule has 0 radical (unpaired) electrons. The molecular weight excluding hydrogens is 431 g/mol. The summed E-state index contributed by atoms with van der Waals surface area (Å²) in [5.74, 6) is 0.687. The summed E-state index contributed by atoms with van der Waals surface area (Å²) in [6.07, 6.45) is 2.69. The normalized spacial score (nSPS) is 17.9. The van der Waals surface area contributed by atoms with Crippen molar-refractivity contribution in [1.29, 1.82) is 0 Å². The van der Waals surface area contributed by atoms with Gasteiger partial charge in [0.15, 0.2) is 0 Å². The molecule has 2 aromatic carbocycles. The van der Waals surface area contributed by atoms with Crippen molar-refractivity contribution in [3.8, 4) is 11.4 Å². The molecule has 1 aliphatic heterocycles. The van der Waals surface area contributed by atoms with E-state index in [0.29, 0.717) is 30.4 Å². The lowest BCUT2D eigenvalue weighted by Gasteiger charge is -2.33. The SMILES string of the molecule is CC(CC(C)(C)c1ccccc1)NC(=O)C1CCCN(Cc2nc(-c3ccc(F)cc3)no2)C1. The van der Waals surface area contributed by atoms with Crippen molar-refractivity contribution < 1.29 is 13.7 Å². The monoisotopic (exact) mass is 464 g/mol. The number of carbonyl (C=O) groups excluding carboxylic acids is 1. The van der Waals surface area contributed by atoms with Gasteiger partial charge in [-0.25, -0.2) is 4.39 Å². The molecule has 7 heteroatoms. The van der Waals surface area contributed by atoms with E-state index in [9.17, 15) is 9.18 Å². The van der Waals surface area contributed by atoms with Crippen molar-refractivity contribution in [2.24, 2.45) is 5.92 Å². The highest BCUT2D eigenvalue weighted by atomic mass is 19.1. The van der Waals surface area contributed by atoms with Crippen LogP contribution in [0.4, 0.5) is 4.39 Å². The summed E-state index contributed by atoms with van der Waals surface area (Å²) in [6, 6.07) is 16.5. The lowest BCUT2D eigenvalue weighted by Crippen LogP contribution is -2.46. The Balaban J connectivity index is 1.30. The van der Waals surface area contributed by atoms with Gasteiger partial charge in [0.05, 0.1) is 12.5 Å². The van der Waals surface area contributed by atoms with Crippen molar-refractivity contribution >= 4 is 5.91 Å². The van der Waals surface area contributed by atoms with Crippen LogP contribution in [0.2, 0.25) is 0 Å². The number of amides is 1. The number of hydrogen-bond acceptors (Lipinski definition) is 5. The molecule has 4 rings (SSSR count). The number of rotatable bonds is 8. The lowest BCUT2D eigenvalue weighted by atomic mass is 9.79. The Labute approximate surface area is 200 Å². The van der Waals surface area contributed by atoms with Crippen LogP contribution in [-0.4, -0.2) is 40.1 Å². The average Bonchev–Trinajstić information content (AvgIpc) is 3.28. The molecule has 2 heterocycles. The van der Waals surface area contributed by atoms with E-state index in [0.717, 1.165) is 25.8 Å². The van der Waals surface area contributed by atoms with Crippen LogP contribution in [0.3, 0.4) is 0 Å². The second kappa shape index (κ2) is 10.5. The molecule has 34 heavy (non-hydrogen) atoms. The van der Waals surface area contributed by atoms with Crippen molar-refractivity contribution in [3.05, 3.63) is 71.9 Å². The third-order valence-corrected chi connectivity index (χ3v) is 6.57. The standard InChI is InChI=1S/C27H33FN4O2/c1-19(16-27(2,3)22-9-5-4-6-10-22)29-26(33)21-8-7-15-32(17-21)18-24-30-25(31-34-24)20-11-13-23(28)14-12-20/h4-6,9-14,19,21H,7-8,15-18H2,1-3H3,(H,29,33). The Morgan fingerprint density at radius 2 is 1.94 bits per heavy atom. The predicted molar refractivity (Wildman–Crippen MR) is 129 cm³/mol. The number of carbonyl (C=O) groups is 1. The van der Waals surface area contributed by atoms with Crippen LogP contribution >= 0.6 is 0 Å². The summed E-state index contributed by atoms with van der Waals surface area (Å²) in [5.41, 5.74) is 1.96. The molecule has 1 fully saturated rings. The van der Waals surface area contributed by atoms with E-state index >= 15 is 0 Å². The topological polar surface area (TPSA) is 71.3 Å². The van der Waals surface area contributed by atoms with Crippen LogP contribution < -0.4 is 5.32 Å². The zero-order valence-electron chi connectivity index (χ0n) is 20.1. The summed E-state index contributed by atoms with van der Waals surface area (Å²) in [7, 11) is 0. The fraction of sp³-hybridized carbons (Fsp3) is 0.444. The molecule has 180 valence electrons. The van der Waals surface area contributed by atoms with E-state index in [2.05, 4.69) is 65.4 Å². The number of halogens is 1. The van der Waals surface area contributed by atoms with Gasteiger partial charge in [0.1, 0.15) is 5.82 Å². The maximum Gasteiger partial charge on any atom is 0.241 e. The first-order valence-corrected chi connectivity index (χ1v) is 12.0. The number of likely N-dealkylation sites (tertiary alicyclic amines) is 1. The maximum absolute atomic E-state index is 13.2. The van der Waals surface area contributed by atoms with E-state index in [4.69, 9.17) is 4.52 Å². The molecule has 2 atom stereocenters. The Bertz CT molecular complexity index is 1080. The summed E-state index contributed by atoms with van der Waals surface area (Å²) < 4.78 is 18.6. The summed E-state index contributed by atoms with van der Waals surface area (Å²) in [6.45, 7) is 8.56. The largest absolute Gasteiger partial charge is 0.353 e. The first-order chi connectivity index (χ1) is 16.3. The third-order valence-electron chi connectivity index (χ3n) is 6.57. The Morgan fingerprint density at radius 1 is 1.21 bits per heavy atom. The van der Waals surface area contributed by atoms with E-state index in [1.54, 1.807) is 12.1 Å². The second-order valence-corrected chi connectivity index (χ2v) is 9.96. The predicted octanol–water partition coefficient (Wildman–Crippen LogP) is 4.96. The van der Waals surface area contributed by atoms with Gasteiger partial charge >= 0.3 is 0 Å². The third kappa shape index (κ3) is 6.08. The highest BCUT2D eigenvalue weighted by Gasteiger charge is 2.29. The van der Waals surface area contributed by atoms with Gasteiger partial charge in [0, 0.05) is 18.2 Å². The zero-order chi connectivity index (χ0) is 24.1. The highest BCUT2D eigenvalue weighted by molar-refractivity contribution is 5.79. The summed E-state index contributed by atoms with van der Waals surface area (Å²) in [4.78, 5) is 19.7. The number of nitrogens with one attached hydrogen (secondary N) is 1. The van der Waals surface area contributed by atoms with Crippen LogP contribution in [0.25, 0.3) is 11.4 Å². The maximum atomic E-state index is 13.2. The lowest BCUT2D eigenvalue weighted by molar-refractivity contribution is -0.127. The number of nitrogens with zero attached hydrogens (tertiary/aromatic N) is 3. The van der Waals surface area contributed by atoms with Gasteiger partial charge in [-0.05, 0) is 68.0 Å². The first-order valence-electron chi connectivity index (χ1n) is 12.0. The van der Waals surface area contributed by atoms with Crippen LogP contribution in [-0.2, 0) is 16.8 Å². The molecule has 0 spiro atoms. The van der Waals surface area contributed by atoms with Gasteiger partial charge in [-0.15, -0.1) is 0 Å². The molecule has 1 N–H and O–H groups in total. The van der Waals surface area contributed by atoms with E-state index in [-0.39, 0.29) is 29.1 Å². The fourth-order valence-corrected chi connectivity index (χ4v) is 4.82. The molecule has 0 bridgehead atoms. The van der Waals surface area contributed by atoms with Gasteiger partial charge in [0.2, 0.25) is 17.6 Å². The van der Waals surface area contributed by atoms with Crippen LogP contribution in [0, 0.1) is 11.7 Å². The Morgan fingerprint density at radius 3 is 2.68 bits per heavy atom. The van der Waals surface area contributed by atoms with Crippen molar-refractivity contribution in [2.75, 3.05) is 13.1 Å². The number of aromatic nitrogens is 2. The molecule has 1 saturated heterocycles. The minimum absolute atomic E-state index is 0.0211. The smallest absolute Gasteiger partial charge is 0.241 e. The van der Waals surface area contributed by atoms with E-state index in [1.165, 1.54) is 17.7 Å². The zero-order valence-corrected chi connectivity index (χ0v) is 20.1. The van der Waals surface area contributed by atoms with E-state index in [1.807, 2.05) is 6.07 Å². The Kier molecular flexibility index (Phi) is 7.41. The minimum atomic E-state index is -0.303. The quantitative estimate of drug-likeness (QED) is 0.510. The van der Waals surface area contributed by atoms with Gasteiger partial charge < -0.3 is 9.84 Å². The summed E-state index contributed by atoms with van der Waals surface area (Å²) >= 11 is 0. The number of piperidine rings is 1.